The number of rotatable bonds is 3. The zero-order valence-corrected chi connectivity index (χ0v) is 22.0. The molecule has 0 atom stereocenters. The largest absolute Gasteiger partial charge is 0.0636 e. The van der Waals surface area contributed by atoms with Gasteiger partial charge in [-0.15, -0.1) is 0 Å². The second-order valence-electron chi connectivity index (χ2n) is 9.50. The van der Waals surface area contributed by atoms with Crippen molar-refractivity contribution >= 4 is 53.9 Å². The molecule has 0 aromatic heterocycles. The van der Waals surface area contributed by atoms with Gasteiger partial charge in [0.25, 0.3) is 0 Å². The molecule has 9 aromatic rings. The lowest BCUT2D eigenvalue weighted by molar-refractivity contribution is 1.66. The van der Waals surface area contributed by atoms with Crippen molar-refractivity contribution in [3.8, 4) is 33.4 Å². The lowest BCUT2D eigenvalue weighted by atomic mass is 9.83. The van der Waals surface area contributed by atoms with Crippen LogP contribution < -0.4 is 0 Å². The SMILES string of the molecule is [2H]c1c([2H])c([2H])c2c([2H])c(-c3c4c([2H])c([2H])c([2H])c([2H])c4c(-c4c([2H])c([2H])c(-c5c([2H])c([2H])c([2H])c6c([2H])c([2H])c([2H])c([2H])c56)c5c([2H])c([2H])c([2H])c([2H])c45)c4c([2H])c([2H])c([2H])c([2H])c34)c([2H])c([2H])c2c1[2H]. The van der Waals surface area contributed by atoms with Crippen LogP contribution in [0.15, 0.2) is 169 Å². The molecule has 0 saturated heterocycles. The Morgan fingerprint density at radius 2 is 0.727 bits per heavy atom. The van der Waals surface area contributed by atoms with Crippen LogP contribution in [0, 0.1) is 0 Å². The molecule has 204 valence electrons. The summed E-state index contributed by atoms with van der Waals surface area (Å²) in [5.74, 6) is 0. The highest BCUT2D eigenvalue weighted by molar-refractivity contribution is 6.24. The molecular formula is C44H28. The van der Waals surface area contributed by atoms with Gasteiger partial charge in [-0.3, -0.25) is 0 Å². The van der Waals surface area contributed by atoms with E-state index >= 15 is 0 Å². The van der Waals surface area contributed by atoms with E-state index in [1.165, 1.54) is 0 Å². The molecule has 0 spiro atoms. The van der Waals surface area contributed by atoms with Crippen LogP contribution in [0.1, 0.15) is 38.4 Å². The standard InChI is InChI=1S/C44H28/c1-2-14-31-28-32(25-24-29(31)12-1)43-38-19-7-9-21-40(38)44(41-22-10-8-20-39(41)43)42-27-26-37(35-17-5-6-18-36(35)42)34-23-11-15-30-13-3-4-16-33(30)34/h1-28H/i1D,2D,3D,4D,5D,6D,7D,8D,9D,10D,11D,12D,13D,14D,15D,16D,17D,18D,19D,20D,21D,22D,23D,24D,25D,26D,27D,28D. The second kappa shape index (κ2) is 9.93. The fraction of sp³-hybridized carbons (Fsp3) is 0. The maximum Gasteiger partial charge on any atom is 0.0636 e. The number of hydrogen-bond donors (Lipinski definition) is 0. The Labute approximate surface area is 295 Å². The summed E-state index contributed by atoms with van der Waals surface area (Å²) < 4.78 is 252. The van der Waals surface area contributed by atoms with Crippen molar-refractivity contribution in [2.24, 2.45) is 0 Å². The predicted octanol–water partition coefficient (Wildman–Crippen LogP) is 12.5. The van der Waals surface area contributed by atoms with E-state index in [1.54, 1.807) is 0 Å². The normalized spacial score (nSPS) is 20.5. The van der Waals surface area contributed by atoms with Gasteiger partial charge < -0.3 is 0 Å². The van der Waals surface area contributed by atoms with Gasteiger partial charge in [0.05, 0.1) is 38.4 Å². The summed E-state index contributed by atoms with van der Waals surface area (Å²) in [7, 11) is 0. The third-order valence-corrected chi connectivity index (χ3v) is 7.19. The van der Waals surface area contributed by atoms with Gasteiger partial charge in [0.1, 0.15) is 0 Å². The van der Waals surface area contributed by atoms with Crippen LogP contribution in [0.3, 0.4) is 0 Å². The molecule has 0 aliphatic rings. The average Bonchev–Trinajstić information content (AvgIpc) is 3.35. The van der Waals surface area contributed by atoms with Crippen molar-refractivity contribution in [3.05, 3.63) is 169 Å². The molecule has 44 heavy (non-hydrogen) atoms. The molecular weight excluding hydrogens is 528 g/mol. The third kappa shape index (κ3) is 3.78. The van der Waals surface area contributed by atoms with E-state index in [4.69, 9.17) is 24.7 Å². The second-order valence-corrected chi connectivity index (χ2v) is 9.50. The minimum Gasteiger partial charge on any atom is -0.0616 e. The summed E-state index contributed by atoms with van der Waals surface area (Å²) in [6, 6.07) is -26.9. The summed E-state index contributed by atoms with van der Waals surface area (Å²) >= 11 is 0. The van der Waals surface area contributed by atoms with Gasteiger partial charge >= 0.3 is 0 Å². The molecule has 0 amide bonds. The van der Waals surface area contributed by atoms with E-state index in [1.807, 2.05) is 0 Å². The smallest absolute Gasteiger partial charge is 0.0616 e. The first kappa shape index (κ1) is 9.64. The molecule has 0 nitrogen and oxygen atoms in total. The Balaban J connectivity index is 1.67. The molecule has 0 aliphatic carbocycles. The quantitative estimate of drug-likeness (QED) is 0.181. The first-order valence-corrected chi connectivity index (χ1v) is 13.0. The molecule has 9 aromatic carbocycles. The Hall–Kier alpha value is -5.72. The Kier molecular flexibility index (Phi) is 2.18. The van der Waals surface area contributed by atoms with Crippen molar-refractivity contribution in [3.63, 3.8) is 0 Å². The molecule has 0 aliphatic heterocycles. The van der Waals surface area contributed by atoms with Crippen LogP contribution in [-0.2, 0) is 0 Å². The van der Waals surface area contributed by atoms with Gasteiger partial charge in [-0.05, 0) is 93.3 Å². The van der Waals surface area contributed by atoms with Crippen LogP contribution in [0.5, 0.6) is 0 Å². The minimum atomic E-state index is -1.12. The van der Waals surface area contributed by atoms with E-state index < -0.39 is 256 Å². The van der Waals surface area contributed by atoms with Gasteiger partial charge in [-0.2, -0.15) is 0 Å². The van der Waals surface area contributed by atoms with Crippen molar-refractivity contribution < 1.29 is 38.4 Å². The van der Waals surface area contributed by atoms with E-state index in [0.29, 0.717) is 0 Å². The van der Waals surface area contributed by atoms with Gasteiger partial charge in [-0.1, -0.05) is 163 Å². The summed E-state index contributed by atoms with van der Waals surface area (Å²) in [6.07, 6.45) is 0. The molecule has 9 rings (SSSR count). The van der Waals surface area contributed by atoms with Crippen LogP contribution in [0.2, 0.25) is 0 Å². The fourth-order valence-electron chi connectivity index (χ4n) is 5.34. The topological polar surface area (TPSA) is 0 Å². The summed E-state index contributed by atoms with van der Waals surface area (Å²) in [6.45, 7) is 0. The van der Waals surface area contributed by atoms with Gasteiger partial charge in [-0.25, -0.2) is 0 Å². The summed E-state index contributed by atoms with van der Waals surface area (Å²) in [4.78, 5) is 0. The highest BCUT2D eigenvalue weighted by atomic mass is 14.2. The van der Waals surface area contributed by atoms with Gasteiger partial charge in [0.2, 0.25) is 0 Å². The van der Waals surface area contributed by atoms with Gasteiger partial charge in [0.15, 0.2) is 0 Å². The highest BCUT2D eigenvalue weighted by Gasteiger charge is 2.19. The number of fused-ring (bicyclic) bond motifs is 5. The number of benzene rings is 9. The zero-order valence-electron chi connectivity index (χ0n) is 50.0. The van der Waals surface area contributed by atoms with E-state index in [-0.39, 0.29) is 0 Å². The Bertz CT molecular complexity index is 4030. The molecule has 0 N–H and O–H groups in total. The number of hydrogen-bond acceptors (Lipinski definition) is 0. The zero-order chi connectivity index (χ0) is 53.4. The molecule has 0 bridgehead atoms. The van der Waals surface area contributed by atoms with E-state index in [2.05, 4.69) is 0 Å². The lowest BCUT2D eigenvalue weighted by Crippen LogP contribution is -1.92. The summed E-state index contributed by atoms with van der Waals surface area (Å²) in [5, 5.41) is -7.16. The molecule has 0 saturated carbocycles. The fourth-order valence-corrected chi connectivity index (χ4v) is 5.34. The van der Waals surface area contributed by atoms with Crippen LogP contribution in [-0.4, -0.2) is 0 Å². The predicted molar refractivity (Wildman–Crippen MR) is 190 cm³/mol. The van der Waals surface area contributed by atoms with Crippen LogP contribution in [0.4, 0.5) is 0 Å². The maximum atomic E-state index is 9.84. The summed E-state index contributed by atoms with van der Waals surface area (Å²) in [5.41, 5.74) is -4.68. The Morgan fingerprint density at radius 1 is 0.273 bits per heavy atom. The average molecular weight is 585 g/mol. The monoisotopic (exact) mass is 584 g/mol. The molecule has 0 unspecified atom stereocenters. The minimum absolute atomic E-state index is 0.592. The van der Waals surface area contributed by atoms with E-state index in [0.717, 1.165) is 0 Å². The van der Waals surface area contributed by atoms with Crippen molar-refractivity contribution in [1.29, 1.82) is 0 Å². The van der Waals surface area contributed by atoms with Gasteiger partial charge in [0, 0.05) is 0 Å². The van der Waals surface area contributed by atoms with Crippen molar-refractivity contribution in [1.82, 2.24) is 0 Å². The molecule has 0 heteroatoms. The highest BCUT2D eigenvalue weighted by Crippen LogP contribution is 2.47. The third-order valence-electron chi connectivity index (χ3n) is 7.19. The molecule has 0 fully saturated rings. The molecule has 0 heterocycles. The first-order valence-electron chi connectivity index (χ1n) is 27.0. The van der Waals surface area contributed by atoms with Crippen LogP contribution >= 0.6 is 0 Å². The van der Waals surface area contributed by atoms with Crippen molar-refractivity contribution in [2.45, 2.75) is 0 Å². The van der Waals surface area contributed by atoms with Crippen LogP contribution in [0.25, 0.3) is 87.2 Å². The lowest BCUT2D eigenvalue weighted by Gasteiger charge is -2.20. The molecule has 0 radical (unpaired) electrons. The maximum absolute atomic E-state index is 9.84. The van der Waals surface area contributed by atoms with E-state index in [9.17, 15) is 13.7 Å². The van der Waals surface area contributed by atoms with Crippen molar-refractivity contribution in [2.75, 3.05) is 0 Å². The Morgan fingerprint density at radius 3 is 1.41 bits per heavy atom. The first-order chi connectivity index (χ1) is 33.5.